The molecule has 0 saturated carbocycles. The van der Waals surface area contributed by atoms with Crippen molar-refractivity contribution in [1.82, 2.24) is 4.98 Å². The maximum atomic E-state index is 12.7. The van der Waals surface area contributed by atoms with Crippen LogP contribution >= 0.6 is 11.3 Å². The molecule has 1 aromatic heterocycles. The Labute approximate surface area is 171 Å². The summed E-state index contributed by atoms with van der Waals surface area (Å²) in [6.07, 6.45) is 0. The van der Waals surface area contributed by atoms with Gasteiger partial charge in [-0.15, -0.1) is 0 Å². The second kappa shape index (κ2) is 7.76. The summed E-state index contributed by atoms with van der Waals surface area (Å²) < 4.78 is 6.29. The minimum atomic E-state index is -0.454. The Kier molecular flexibility index (Phi) is 5.16. The van der Waals surface area contributed by atoms with E-state index in [0.29, 0.717) is 37.1 Å². The smallest absolute Gasteiger partial charge is 0.293 e. The predicted octanol–water partition coefficient (Wildman–Crippen LogP) is 3.91. The number of morpholine rings is 1. The Morgan fingerprint density at radius 1 is 1.21 bits per heavy atom. The number of hydrogen-bond acceptors (Lipinski definition) is 7. The normalized spacial score (nSPS) is 14.2. The molecular weight excluding hydrogens is 392 g/mol. The van der Waals surface area contributed by atoms with Crippen LogP contribution in [0.4, 0.5) is 16.5 Å². The monoisotopic (exact) mass is 412 g/mol. The highest BCUT2D eigenvalue weighted by Crippen LogP contribution is 2.31. The van der Waals surface area contributed by atoms with Crippen LogP contribution in [0.3, 0.4) is 0 Å². The molecule has 0 bridgehead atoms. The van der Waals surface area contributed by atoms with E-state index in [2.05, 4.69) is 10.3 Å². The van der Waals surface area contributed by atoms with E-state index in [0.717, 1.165) is 21.3 Å². The molecule has 0 aliphatic carbocycles. The van der Waals surface area contributed by atoms with Crippen molar-refractivity contribution in [2.75, 3.05) is 36.5 Å². The van der Waals surface area contributed by atoms with Gasteiger partial charge < -0.3 is 9.64 Å². The number of rotatable bonds is 4. The van der Waals surface area contributed by atoms with Gasteiger partial charge in [0.15, 0.2) is 5.13 Å². The van der Waals surface area contributed by atoms with Gasteiger partial charge in [0.1, 0.15) is 5.69 Å². The van der Waals surface area contributed by atoms with E-state index in [1.54, 1.807) is 12.1 Å². The fourth-order valence-corrected chi connectivity index (χ4v) is 4.23. The average Bonchev–Trinajstić information content (AvgIpc) is 3.09. The number of carbonyl (C=O) groups excluding carboxylic acids is 1. The van der Waals surface area contributed by atoms with Crippen molar-refractivity contribution < 1.29 is 14.5 Å². The summed E-state index contributed by atoms with van der Waals surface area (Å²) in [6, 6.07) is 8.58. The van der Waals surface area contributed by atoms with Gasteiger partial charge in [-0.1, -0.05) is 11.3 Å². The van der Waals surface area contributed by atoms with Crippen LogP contribution in [0.2, 0.25) is 0 Å². The fourth-order valence-electron chi connectivity index (χ4n) is 3.29. The number of aryl methyl sites for hydroxylation is 2. The Hall–Kier alpha value is -3.04. The van der Waals surface area contributed by atoms with Gasteiger partial charge >= 0.3 is 0 Å². The molecule has 29 heavy (non-hydrogen) atoms. The van der Waals surface area contributed by atoms with E-state index in [9.17, 15) is 14.9 Å². The van der Waals surface area contributed by atoms with E-state index in [4.69, 9.17) is 4.74 Å². The number of nitro benzene ring substituents is 1. The van der Waals surface area contributed by atoms with Gasteiger partial charge in [0.25, 0.3) is 11.6 Å². The first-order valence-electron chi connectivity index (χ1n) is 9.22. The minimum Gasteiger partial charge on any atom is -0.378 e. The minimum absolute atomic E-state index is 0.0879. The van der Waals surface area contributed by atoms with Gasteiger partial charge in [-0.3, -0.25) is 20.2 Å². The molecule has 1 saturated heterocycles. The lowest BCUT2D eigenvalue weighted by Gasteiger charge is -2.28. The van der Waals surface area contributed by atoms with Crippen molar-refractivity contribution in [3.05, 3.63) is 57.1 Å². The number of ether oxygens (including phenoxy) is 1. The molecule has 3 aromatic rings. The summed E-state index contributed by atoms with van der Waals surface area (Å²) in [5.74, 6) is -0.422. The number of aromatic nitrogens is 1. The number of anilines is 2. The number of nitrogens with one attached hydrogen (secondary N) is 1. The van der Waals surface area contributed by atoms with Crippen LogP contribution < -0.4 is 10.2 Å². The molecule has 4 rings (SSSR count). The van der Waals surface area contributed by atoms with Gasteiger partial charge in [0.2, 0.25) is 0 Å². The third-order valence-electron chi connectivity index (χ3n) is 5.01. The van der Waals surface area contributed by atoms with Crippen LogP contribution in [0.25, 0.3) is 10.2 Å². The summed E-state index contributed by atoms with van der Waals surface area (Å²) in [6.45, 7) is 6.25. The van der Waals surface area contributed by atoms with Crippen LogP contribution in [-0.4, -0.2) is 42.1 Å². The van der Waals surface area contributed by atoms with Crippen LogP contribution in [0.5, 0.6) is 0 Å². The maximum absolute atomic E-state index is 12.7. The van der Waals surface area contributed by atoms with E-state index >= 15 is 0 Å². The highest BCUT2D eigenvalue weighted by Gasteiger charge is 2.23. The van der Waals surface area contributed by atoms with Crippen molar-refractivity contribution in [3.63, 3.8) is 0 Å². The summed E-state index contributed by atoms with van der Waals surface area (Å²) in [5, 5.41) is 14.8. The first kappa shape index (κ1) is 19.3. The lowest BCUT2D eigenvalue weighted by atomic mass is 10.1. The molecule has 0 spiro atoms. The number of amides is 1. The van der Waals surface area contributed by atoms with E-state index in [-0.39, 0.29) is 11.3 Å². The van der Waals surface area contributed by atoms with Crippen molar-refractivity contribution in [3.8, 4) is 0 Å². The van der Waals surface area contributed by atoms with Gasteiger partial charge in [0.05, 0.1) is 28.4 Å². The molecular formula is C20H20N4O4S. The van der Waals surface area contributed by atoms with Gasteiger partial charge in [0, 0.05) is 24.7 Å². The zero-order valence-corrected chi connectivity index (χ0v) is 16.9. The average molecular weight is 412 g/mol. The van der Waals surface area contributed by atoms with E-state index in [1.165, 1.54) is 17.4 Å². The number of thiazole rings is 1. The number of nitrogens with zero attached hydrogens (tertiary/aromatic N) is 3. The van der Waals surface area contributed by atoms with Crippen LogP contribution in [0.1, 0.15) is 21.5 Å². The quantitative estimate of drug-likeness (QED) is 0.515. The Bertz CT molecular complexity index is 1070. The molecule has 2 aromatic carbocycles. The van der Waals surface area contributed by atoms with Crippen LogP contribution in [0, 0.1) is 24.0 Å². The van der Waals surface area contributed by atoms with E-state index < -0.39 is 10.8 Å². The predicted molar refractivity (Wildman–Crippen MR) is 113 cm³/mol. The molecule has 1 aliphatic rings. The van der Waals surface area contributed by atoms with Crippen LogP contribution in [0.15, 0.2) is 30.3 Å². The molecule has 1 fully saturated rings. The maximum Gasteiger partial charge on any atom is 0.293 e. The summed E-state index contributed by atoms with van der Waals surface area (Å²) >= 11 is 1.38. The first-order chi connectivity index (χ1) is 13.9. The molecule has 150 valence electrons. The van der Waals surface area contributed by atoms with Crippen molar-refractivity contribution in [1.29, 1.82) is 0 Å². The molecule has 1 N–H and O–H groups in total. The first-order valence-corrected chi connectivity index (χ1v) is 10.0. The van der Waals surface area contributed by atoms with Gasteiger partial charge in [-0.2, -0.15) is 0 Å². The Morgan fingerprint density at radius 2 is 1.93 bits per heavy atom. The molecule has 8 nitrogen and oxygen atoms in total. The fraction of sp³-hybridized carbons (Fsp3) is 0.300. The number of benzene rings is 2. The SMILES string of the molecule is Cc1cc2nc(NC(=O)c3ccc(N4CCOCC4)c([N+](=O)[O-])c3)sc2cc1C. The van der Waals surface area contributed by atoms with Gasteiger partial charge in [-0.05, 0) is 49.2 Å². The topological polar surface area (TPSA) is 97.6 Å². The second-order valence-electron chi connectivity index (χ2n) is 6.94. The molecule has 1 amide bonds. The standard InChI is InChI=1S/C20H20N4O4S/c1-12-9-15-18(10-13(12)2)29-20(21-15)22-19(25)14-3-4-16(17(11-14)24(26)27)23-5-7-28-8-6-23/h3-4,9-11H,5-8H2,1-2H3,(H,21,22,25). The molecule has 0 atom stereocenters. The molecule has 1 aliphatic heterocycles. The lowest BCUT2D eigenvalue weighted by molar-refractivity contribution is -0.384. The summed E-state index contributed by atoms with van der Waals surface area (Å²) in [5.41, 5.74) is 3.75. The summed E-state index contributed by atoms with van der Waals surface area (Å²) in [4.78, 5) is 30.2. The van der Waals surface area contributed by atoms with E-state index in [1.807, 2.05) is 30.9 Å². The van der Waals surface area contributed by atoms with Gasteiger partial charge in [-0.25, -0.2) is 4.98 Å². The van der Waals surface area contributed by atoms with Crippen molar-refractivity contribution in [2.45, 2.75) is 13.8 Å². The number of nitro groups is 1. The number of fused-ring (bicyclic) bond motifs is 1. The Balaban J connectivity index is 1.60. The zero-order valence-electron chi connectivity index (χ0n) is 16.1. The molecule has 2 heterocycles. The second-order valence-corrected chi connectivity index (χ2v) is 7.97. The molecule has 0 unspecified atom stereocenters. The zero-order chi connectivity index (χ0) is 20.5. The third-order valence-corrected chi connectivity index (χ3v) is 5.94. The van der Waals surface area contributed by atoms with Crippen LogP contribution in [-0.2, 0) is 4.74 Å². The number of hydrogen-bond donors (Lipinski definition) is 1. The Morgan fingerprint density at radius 3 is 2.66 bits per heavy atom. The molecule has 9 heteroatoms. The molecule has 0 radical (unpaired) electrons. The third kappa shape index (κ3) is 3.92. The largest absolute Gasteiger partial charge is 0.378 e. The highest BCUT2D eigenvalue weighted by molar-refractivity contribution is 7.22. The summed E-state index contributed by atoms with van der Waals surface area (Å²) in [7, 11) is 0. The number of carbonyl (C=O) groups is 1. The van der Waals surface area contributed by atoms with Crippen molar-refractivity contribution >= 4 is 44.0 Å². The van der Waals surface area contributed by atoms with Crippen molar-refractivity contribution in [2.24, 2.45) is 0 Å². The lowest BCUT2D eigenvalue weighted by Crippen LogP contribution is -2.36. The highest BCUT2D eigenvalue weighted by atomic mass is 32.1.